The number of hydrogen-bond donors (Lipinski definition) is 2. The van der Waals surface area contributed by atoms with E-state index in [4.69, 9.17) is 4.80 Å². The molecule has 0 atom stereocenters. The summed E-state index contributed by atoms with van der Waals surface area (Å²) in [4.78, 5) is 7.71. The van der Waals surface area contributed by atoms with E-state index >= 15 is 0 Å². The zero-order valence-electron chi connectivity index (χ0n) is 9.41. The first-order valence-electron chi connectivity index (χ1n) is 4.93. The topological polar surface area (TPSA) is 40.5 Å². The number of aromatic hydroxyl groups is 1. The number of aryl methyl sites for hydroxylation is 1. The summed E-state index contributed by atoms with van der Waals surface area (Å²) in [5.74, 6) is 0.815. The number of hydrogen-bond acceptors (Lipinski definition) is 2. The van der Waals surface area contributed by atoms with Crippen LogP contribution in [0.3, 0.4) is 0 Å². The van der Waals surface area contributed by atoms with Crippen LogP contribution in [0.1, 0.15) is 30.9 Å². The van der Waals surface area contributed by atoms with Gasteiger partial charge in [-0.15, -0.1) is 0 Å². The van der Waals surface area contributed by atoms with Crippen LogP contribution in [0.4, 0.5) is 0 Å². The molecule has 0 spiro atoms. The number of rotatable bonds is 1. The van der Waals surface area contributed by atoms with Crippen LogP contribution in [0.25, 0.3) is 0 Å². The molecule has 0 aliphatic heterocycles. The largest absolute Gasteiger partial charge is 0.508 e. The van der Waals surface area contributed by atoms with Crippen molar-refractivity contribution in [2.45, 2.75) is 33.2 Å². The maximum Gasteiger partial charge on any atom is 0.153 e. The quantitative estimate of drug-likeness (QED) is 0.698. The molecule has 0 saturated heterocycles. The summed E-state index contributed by atoms with van der Waals surface area (Å²) in [6, 6.07) is 5.81. The highest BCUT2D eigenvalue weighted by atomic mass is 28.2. The molecule has 0 aromatic heterocycles. The summed E-state index contributed by atoms with van der Waals surface area (Å²) in [6.07, 6.45) is 0. The van der Waals surface area contributed by atoms with Crippen LogP contribution in [0.5, 0.6) is 5.75 Å². The van der Waals surface area contributed by atoms with Crippen molar-refractivity contribution in [2.75, 3.05) is 0 Å². The fraction of sp³-hybridized carbons (Fsp3) is 0.455. The molecule has 1 rings (SSSR count). The molecule has 2 N–H and O–H groups in total. The summed E-state index contributed by atoms with van der Waals surface area (Å²) >= 11 is 0. The first-order valence-corrected chi connectivity index (χ1v) is 6.98. The Labute approximate surface area is 88.5 Å². The lowest BCUT2D eigenvalue weighted by atomic mass is 10.0. The van der Waals surface area contributed by atoms with E-state index < -0.39 is 9.76 Å². The highest BCUT2D eigenvalue weighted by Gasteiger charge is 2.03. The molecule has 0 bridgehead atoms. The van der Waals surface area contributed by atoms with E-state index in [0.29, 0.717) is 11.7 Å². The van der Waals surface area contributed by atoms with E-state index in [0.717, 1.165) is 11.1 Å². The predicted octanol–water partition coefficient (Wildman–Crippen LogP) is 1.93. The molecule has 2 nitrogen and oxygen atoms in total. The molecule has 3 heteroatoms. The molecule has 0 radical (unpaired) electrons. The van der Waals surface area contributed by atoms with Gasteiger partial charge in [0.1, 0.15) is 5.75 Å². The number of phenols is 1. The minimum atomic E-state index is -0.583. The third-order valence-electron chi connectivity index (χ3n) is 1.81. The van der Waals surface area contributed by atoms with Gasteiger partial charge in [-0.1, -0.05) is 32.5 Å². The predicted molar refractivity (Wildman–Crippen MR) is 63.6 cm³/mol. The van der Waals surface area contributed by atoms with Gasteiger partial charge >= 0.3 is 0 Å². The molecular formula is C11H20O2Si. The van der Waals surface area contributed by atoms with Gasteiger partial charge in [-0.25, -0.2) is 0 Å². The minimum Gasteiger partial charge on any atom is -0.508 e. The Morgan fingerprint density at radius 3 is 2.14 bits per heavy atom. The van der Waals surface area contributed by atoms with Crippen molar-refractivity contribution in [1.82, 2.24) is 0 Å². The molecule has 0 aliphatic carbocycles. The molecule has 0 heterocycles. The van der Waals surface area contributed by atoms with Gasteiger partial charge in [0.2, 0.25) is 0 Å². The monoisotopic (exact) mass is 212 g/mol. The van der Waals surface area contributed by atoms with Crippen molar-refractivity contribution in [3.8, 4) is 5.75 Å². The van der Waals surface area contributed by atoms with Gasteiger partial charge < -0.3 is 9.90 Å². The molecule has 1 aromatic carbocycles. The summed E-state index contributed by atoms with van der Waals surface area (Å²) in [7, 11) is -0.583. The summed E-state index contributed by atoms with van der Waals surface area (Å²) in [6.45, 7) is 7.94. The number of benzene rings is 1. The van der Waals surface area contributed by atoms with E-state index in [-0.39, 0.29) is 0 Å². The summed E-state index contributed by atoms with van der Waals surface area (Å²) in [5, 5.41) is 9.46. The van der Waals surface area contributed by atoms with Crippen molar-refractivity contribution >= 4 is 9.76 Å². The van der Waals surface area contributed by atoms with E-state index in [2.05, 4.69) is 13.8 Å². The molecule has 0 aliphatic rings. The second kappa shape index (κ2) is 6.62. The fourth-order valence-corrected chi connectivity index (χ4v) is 1.14. The molecule has 0 unspecified atom stereocenters. The molecule has 80 valence electrons. The van der Waals surface area contributed by atoms with Crippen molar-refractivity contribution in [3.05, 3.63) is 29.3 Å². The van der Waals surface area contributed by atoms with Crippen LogP contribution < -0.4 is 0 Å². The standard InChI is InChI=1S/C10H14O.CH6OSi/c1-7(2)9-5-4-8(3)6-10(9)11;1-3-2/h4-7,11H,1-3H3;2H,3H2,1H3. The third kappa shape index (κ3) is 4.44. The van der Waals surface area contributed by atoms with Gasteiger partial charge in [0.15, 0.2) is 9.76 Å². The molecule has 14 heavy (non-hydrogen) atoms. The Bertz CT molecular complexity index is 272. The van der Waals surface area contributed by atoms with E-state index in [9.17, 15) is 5.11 Å². The van der Waals surface area contributed by atoms with Crippen molar-refractivity contribution < 1.29 is 9.90 Å². The van der Waals surface area contributed by atoms with Crippen LogP contribution in [-0.2, 0) is 0 Å². The molecule has 0 saturated carbocycles. The zero-order valence-corrected chi connectivity index (χ0v) is 10.8. The van der Waals surface area contributed by atoms with Gasteiger partial charge in [-0.2, -0.15) is 0 Å². The maximum atomic E-state index is 9.46. The molecule has 1 aromatic rings. The Kier molecular flexibility index (Phi) is 6.24. The van der Waals surface area contributed by atoms with Crippen LogP contribution in [0, 0.1) is 6.92 Å². The first kappa shape index (κ1) is 13.2. The minimum absolute atomic E-state index is 0.399. The fourth-order valence-electron chi connectivity index (χ4n) is 1.14. The van der Waals surface area contributed by atoms with Gasteiger partial charge in [0.05, 0.1) is 0 Å². The lowest BCUT2D eigenvalue weighted by Crippen LogP contribution is -1.87. The zero-order chi connectivity index (χ0) is 11.1. The molecular weight excluding hydrogens is 192 g/mol. The Morgan fingerprint density at radius 1 is 1.29 bits per heavy atom. The van der Waals surface area contributed by atoms with Crippen molar-refractivity contribution in [1.29, 1.82) is 0 Å². The maximum absolute atomic E-state index is 9.46. The average molecular weight is 212 g/mol. The van der Waals surface area contributed by atoms with Crippen molar-refractivity contribution in [2.24, 2.45) is 0 Å². The Balaban J connectivity index is 0.000000500. The van der Waals surface area contributed by atoms with Crippen LogP contribution in [-0.4, -0.2) is 19.7 Å². The Morgan fingerprint density at radius 2 is 1.79 bits per heavy atom. The number of phenolic OH excluding ortho intramolecular Hbond substituents is 1. The third-order valence-corrected chi connectivity index (χ3v) is 1.81. The second-order valence-corrected chi connectivity index (χ2v) is 4.17. The molecule has 0 amide bonds. The van der Waals surface area contributed by atoms with Gasteiger partial charge in [-0.05, 0) is 30.0 Å². The Hall–Kier alpha value is -0.803. The van der Waals surface area contributed by atoms with Gasteiger partial charge in [-0.3, -0.25) is 0 Å². The summed E-state index contributed by atoms with van der Waals surface area (Å²) < 4.78 is 0. The normalized spacial score (nSPS) is 10.4. The van der Waals surface area contributed by atoms with E-state index in [1.54, 1.807) is 6.07 Å². The smallest absolute Gasteiger partial charge is 0.153 e. The lowest BCUT2D eigenvalue weighted by Gasteiger charge is -2.07. The van der Waals surface area contributed by atoms with Crippen LogP contribution >= 0.6 is 0 Å². The lowest BCUT2D eigenvalue weighted by molar-refractivity contribution is 0.464. The van der Waals surface area contributed by atoms with Crippen LogP contribution in [0.15, 0.2) is 18.2 Å². The van der Waals surface area contributed by atoms with Crippen molar-refractivity contribution in [3.63, 3.8) is 0 Å². The average Bonchev–Trinajstić information content (AvgIpc) is 2.04. The van der Waals surface area contributed by atoms with E-state index in [1.165, 1.54) is 0 Å². The first-order chi connectivity index (χ1) is 6.52. The second-order valence-electron chi connectivity index (χ2n) is 3.53. The van der Waals surface area contributed by atoms with Crippen LogP contribution in [0.2, 0.25) is 6.55 Å². The SMILES string of the molecule is C[SiH2]O.Cc1ccc(C(C)C)c(O)c1. The van der Waals surface area contributed by atoms with Gasteiger partial charge in [0, 0.05) is 0 Å². The van der Waals surface area contributed by atoms with E-state index in [1.807, 2.05) is 25.6 Å². The molecule has 0 fully saturated rings. The highest BCUT2D eigenvalue weighted by molar-refractivity contribution is 6.22. The summed E-state index contributed by atoms with van der Waals surface area (Å²) in [5.41, 5.74) is 2.13. The highest BCUT2D eigenvalue weighted by Crippen LogP contribution is 2.25. The van der Waals surface area contributed by atoms with Gasteiger partial charge in [0.25, 0.3) is 0 Å².